The zero-order chi connectivity index (χ0) is 15.7. The smallest absolute Gasteiger partial charge is 0.465 e. The summed E-state index contributed by atoms with van der Waals surface area (Å²) in [5.41, 5.74) is 0.955. The predicted molar refractivity (Wildman–Crippen MR) is 82.0 cm³/mol. The second kappa shape index (κ2) is 8.94. The molecular weight excluding hydrogens is 288 g/mol. The van der Waals surface area contributed by atoms with Crippen molar-refractivity contribution < 1.29 is 22.8 Å². The molecule has 0 aromatic heterocycles. The van der Waals surface area contributed by atoms with Crippen LogP contribution >= 0.6 is 0 Å². The van der Waals surface area contributed by atoms with Gasteiger partial charge in [0.25, 0.3) is 0 Å². The fourth-order valence-electron chi connectivity index (χ4n) is 2.02. The van der Waals surface area contributed by atoms with Gasteiger partial charge in [-0.1, -0.05) is 30.3 Å². The molecule has 0 radical (unpaired) electrons. The molecule has 1 unspecified atom stereocenters. The van der Waals surface area contributed by atoms with E-state index in [1.807, 2.05) is 37.3 Å². The fourth-order valence-corrected chi connectivity index (χ4v) is 3.71. The second-order valence-corrected chi connectivity index (χ2v) is 7.79. The summed E-state index contributed by atoms with van der Waals surface area (Å²) < 4.78 is 21.2. The number of carbonyl (C=O) groups excluding carboxylic acids is 1. The van der Waals surface area contributed by atoms with Crippen molar-refractivity contribution in [2.24, 2.45) is 0 Å². The van der Waals surface area contributed by atoms with Gasteiger partial charge in [-0.2, -0.15) is 0 Å². The Hall–Kier alpha value is -1.21. The highest BCUT2D eigenvalue weighted by atomic mass is 28.4. The van der Waals surface area contributed by atoms with Crippen LogP contribution in [0.15, 0.2) is 30.3 Å². The average Bonchev–Trinajstić information content (AvgIpc) is 2.55. The van der Waals surface area contributed by atoms with Crippen LogP contribution in [0.2, 0.25) is 6.04 Å². The molecule has 0 aliphatic rings. The third-order valence-electron chi connectivity index (χ3n) is 3.46. The highest BCUT2D eigenvalue weighted by Crippen LogP contribution is 2.18. The topological polar surface area (TPSA) is 54.0 Å². The monoisotopic (exact) mass is 312 g/mol. The van der Waals surface area contributed by atoms with E-state index >= 15 is 0 Å². The van der Waals surface area contributed by atoms with Gasteiger partial charge in [0.05, 0.1) is 12.5 Å². The first-order chi connectivity index (χ1) is 10.1. The lowest BCUT2D eigenvalue weighted by Gasteiger charge is -2.24. The van der Waals surface area contributed by atoms with Crippen molar-refractivity contribution in [3.8, 4) is 0 Å². The van der Waals surface area contributed by atoms with Crippen LogP contribution in [0, 0.1) is 0 Å². The molecule has 0 N–H and O–H groups in total. The first-order valence-electron chi connectivity index (χ1n) is 6.95. The summed E-state index contributed by atoms with van der Waals surface area (Å²) in [6, 6.07) is 10.2. The third kappa shape index (κ3) is 5.24. The van der Waals surface area contributed by atoms with Crippen LogP contribution in [0.1, 0.15) is 24.8 Å². The van der Waals surface area contributed by atoms with Gasteiger partial charge in [0, 0.05) is 27.4 Å². The van der Waals surface area contributed by atoms with Crippen LogP contribution in [0.5, 0.6) is 0 Å². The first-order valence-corrected chi connectivity index (χ1v) is 8.88. The molecule has 0 fully saturated rings. The van der Waals surface area contributed by atoms with E-state index in [4.69, 9.17) is 18.0 Å². The number of carbonyl (C=O) groups is 1. The summed E-state index contributed by atoms with van der Waals surface area (Å²) in [7, 11) is 2.14. The van der Waals surface area contributed by atoms with E-state index in [1.165, 1.54) is 0 Å². The maximum atomic E-state index is 12.0. The largest absolute Gasteiger partial charge is 0.500 e. The van der Waals surface area contributed by atoms with E-state index in [2.05, 4.69) is 0 Å². The Morgan fingerprint density at radius 1 is 1.10 bits per heavy atom. The van der Waals surface area contributed by atoms with Gasteiger partial charge in [0.2, 0.25) is 0 Å². The van der Waals surface area contributed by atoms with Gasteiger partial charge < -0.3 is 18.0 Å². The standard InChI is InChI=1S/C15H24O5Si/c1-13(14-9-6-5-7-10-14)15(16)20-11-8-12-21(17-2,18-3)19-4/h5-7,9-10,13H,8,11-12H2,1-4H3. The molecular formula is C15H24O5Si. The van der Waals surface area contributed by atoms with Gasteiger partial charge in [-0.15, -0.1) is 0 Å². The van der Waals surface area contributed by atoms with Crippen LogP contribution in [-0.2, 0) is 22.8 Å². The van der Waals surface area contributed by atoms with Crippen molar-refractivity contribution in [1.29, 1.82) is 0 Å². The summed E-state index contributed by atoms with van der Waals surface area (Å²) >= 11 is 0. The second-order valence-electron chi connectivity index (χ2n) is 4.70. The lowest BCUT2D eigenvalue weighted by molar-refractivity contribution is -0.145. The van der Waals surface area contributed by atoms with Crippen molar-refractivity contribution >= 4 is 14.8 Å². The minimum absolute atomic E-state index is 0.222. The molecule has 1 atom stereocenters. The first kappa shape index (κ1) is 17.8. The zero-order valence-electron chi connectivity index (χ0n) is 13.1. The van der Waals surface area contributed by atoms with Crippen molar-refractivity contribution in [3.63, 3.8) is 0 Å². The Balaban J connectivity index is 2.37. The lowest BCUT2D eigenvalue weighted by atomic mass is 10.0. The van der Waals surface area contributed by atoms with E-state index in [-0.39, 0.29) is 11.9 Å². The molecule has 21 heavy (non-hydrogen) atoms. The predicted octanol–water partition coefficient (Wildman–Crippen LogP) is 2.60. The number of benzene rings is 1. The fraction of sp³-hybridized carbons (Fsp3) is 0.533. The Morgan fingerprint density at radius 2 is 1.67 bits per heavy atom. The molecule has 1 aromatic carbocycles. The third-order valence-corrected chi connectivity index (χ3v) is 6.29. The lowest BCUT2D eigenvalue weighted by Crippen LogP contribution is -2.42. The number of hydrogen-bond donors (Lipinski definition) is 0. The van der Waals surface area contributed by atoms with E-state index in [0.717, 1.165) is 5.56 Å². The molecule has 0 saturated carbocycles. The number of ether oxygens (including phenoxy) is 1. The zero-order valence-corrected chi connectivity index (χ0v) is 14.1. The van der Waals surface area contributed by atoms with Gasteiger partial charge in [-0.3, -0.25) is 4.79 Å². The summed E-state index contributed by atoms with van der Waals surface area (Å²) in [6.45, 7) is 2.18. The van der Waals surface area contributed by atoms with Crippen LogP contribution in [0.4, 0.5) is 0 Å². The molecule has 0 amide bonds. The van der Waals surface area contributed by atoms with Crippen molar-refractivity contribution in [3.05, 3.63) is 35.9 Å². The van der Waals surface area contributed by atoms with Crippen LogP contribution < -0.4 is 0 Å². The highest BCUT2D eigenvalue weighted by Gasteiger charge is 2.37. The maximum Gasteiger partial charge on any atom is 0.500 e. The summed E-state index contributed by atoms with van der Waals surface area (Å²) in [5, 5.41) is 0. The molecule has 5 nitrogen and oxygen atoms in total. The Morgan fingerprint density at radius 3 is 2.19 bits per heavy atom. The van der Waals surface area contributed by atoms with E-state index in [0.29, 0.717) is 19.1 Å². The summed E-state index contributed by atoms with van der Waals surface area (Å²) in [6.07, 6.45) is 0.648. The maximum absolute atomic E-state index is 12.0. The Kier molecular flexibility index (Phi) is 7.59. The minimum Gasteiger partial charge on any atom is -0.465 e. The normalized spacial score (nSPS) is 13.0. The number of rotatable bonds is 9. The molecule has 0 spiro atoms. The van der Waals surface area contributed by atoms with Crippen molar-refractivity contribution in [2.75, 3.05) is 27.9 Å². The Labute approximate surface area is 127 Å². The Bertz CT molecular complexity index is 411. The highest BCUT2D eigenvalue weighted by molar-refractivity contribution is 6.60. The molecule has 0 heterocycles. The number of hydrogen-bond acceptors (Lipinski definition) is 5. The van der Waals surface area contributed by atoms with Crippen molar-refractivity contribution in [2.45, 2.75) is 25.3 Å². The molecule has 6 heteroatoms. The molecule has 1 aromatic rings. The van der Waals surface area contributed by atoms with Gasteiger partial charge >= 0.3 is 14.8 Å². The summed E-state index contributed by atoms with van der Waals surface area (Å²) in [5.74, 6) is -0.485. The summed E-state index contributed by atoms with van der Waals surface area (Å²) in [4.78, 5) is 12.0. The molecule has 0 saturated heterocycles. The van der Waals surface area contributed by atoms with Gasteiger partial charge in [0.1, 0.15) is 0 Å². The van der Waals surface area contributed by atoms with Crippen LogP contribution in [0.25, 0.3) is 0 Å². The molecule has 0 aliphatic heterocycles. The molecule has 118 valence electrons. The van der Waals surface area contributed by atoms with Crippen LogP contribution in [-0.4, -0.2) is 42.7 Å². The van der Waals surface area contributed by atoms with Gasteiger partial charge in [-0.05, 0) is 18.9 Å². The van der Waals surface area contributed by atoms with Crippen LogP contribution in [0.3, 0.4) is 0 Å². The van der Waals surface area contributed by atoms with Gasteiger partial charge in [-0.25, -0.2) is 0 Å². The SMILES string of the molecule is CO[Si](CCCOC(=O)C(C)c1ccccc1)(OC)OC. The average molecular weight is 312 g/mol. The van der Waals surface area contributed by atoms with E-state index in [1.54, 1.807) is 21.3 Å². The van der Waals surface area contributed by atoms with E-state index in [9.17, 15) is 4.79 Å². The molecule has 1 rings (SSSR count). The quantitative estimate of drug-likeness (QED) is 0.398. The molecule has 0 aliphatic carbocycles. The molecule has 0 bridgehead atoms. The van der Waals surface area contributed by atoms with Crippen molar-refractivity contribution in [1.82, 2.24) is 0 Å². The number of esters is 1. The van der Waals surface area contributed by atoms with Gasteiger partial charge in [0.15, 0.2) is 0 Å². The minimum atomic E-state index is -2.57. The van der Waals surface area contributed by atoms with E-state index < -0.39 is 8.80 Å².